The van der Waals surface area contributed by atoms with Crippen LogP contribution in [-0.2, 0) is 19.9 Å². The quantitative estimate of drug-likeness (QED) is 0.285. The third-order valence-electron chi connectivity index (χ3n) is 7.09. The number of hydrogen-bond donors (Lipinski definition) is 0. The van der Waals surface area contributed by atoms with Crippen LogP contribution < -0.4 is 0 Å². The van der Waals surface area contributed by atoms with Crippen LogP contribution in [0.3, 0.4) is 0 Å². The van der Waals surface area contributed by atoms with Crippen molar-refractivity contribution in [1.82, 2.24) is 9.80 Å². The van der Waals surface area contributed by atoms with Crippen LogP contribution in [0.1, 0.15) is 45.4 Å². The number of methoxy groups -OCH3 is 1. The Morgan fingerprint density at radius 1 is 1.13 bits per heavy atom. The second kappa shape index (κ2) is 13.5. The zero-order chi connectivity index (χ0) is 22.9. The molecule has 0 aromatic heterocycles. The van der Waals surface area contributed by atoms with E-state index in [1.165, 1.54) is 49.8 Å². The fraction of sp³-hybridized carbons (Fsp3) is 0.708. The molecule has 1 heterocycles. The molecule has 1 atom stereocenters. The molecule has 4 nitrogen and oxygen atoms in total. The molecule has 0 N–H and O–H groups in total. The topological polar surface area (TPSA) is 18.7 Å². The van der Waals surface area contributed by atoms with Gasteiger partial charge in [-0.15, -0.1) is 0 Å². The van der Waals surface area contributed by atoms with Crippen molar-refractivity contribution in [3.8, 4) is 0 Å². The van der Waals surface area contributed by atoms with Crippen molar-refractivity contribution in [1.29, 1.82) is 0 Å². The molecule has 172 valence electrons. The molecule has 1 aliphatic heterocycles. The van der Waals surface area contributed by atoms with Crippen molar-refractivity contribution >= 4 is 25.1 Å². The molecule has 2 fully saturated rings. The predicted octanol–water partition coefficient (Wildman–Crippen LogP) is 5.08. The Bertz CT molecular complexity index is 671. The summed E-state index contributed by atoms with van der Waals surface area (Å²) in [6.45, 7) is 6.84. The molecule has 1 saturated carbocycles. The molecule has 3 aliphatic rings. The van der Waals surface area contributed by atoms with Gasteiger partial charge in [0.1, 0.15) is 5.76 Å². The third-order valence-corrected chi connectivity index (χ3v) is 7.09. The Hall–Kier alpha value is -0.187. The number of nitrogens with zero attached hydrogens (tertiary/aromatic N) is 3. The van der Waals surface area contributed by atoms with Gasteiger partial charge < -0.3 is 4.74 Å². The minimum absolute atomic E-state index is 0.0773. The predicted molar refractivity (Wildman–Crippen MR) is 130 cm³/mol. The molecule has 1 saturated heterocycles. The van der Waals surface area contributed by atoms with Gasteiger partial charge in [0, 0.05) is 17.7 Å². The molecule has 1 unspecified atom stereocenters. The van der Waals surface area contributed by atoms with E-state index in [0.717, 1.165) is 37.9 Å². The number of allylic oxidation sites excluding steroid dienone is 5. The van der Waals surface area contributed by atoms with Crippen LogP contribution in [0.25, 0.3) is 0 Å². The van der Waals surface area contributed by atoms with Gasteiger partial charge in [-0.2, -0.15) is 0 Å². The standard InChI is InChI=1S/C24H40N3O.2ClH.Zn/c1-24(25(2)3,19-20-9-7-6-8-10-20)23(28-5)21-11-13-22(14-12-21)27-17-15-26(4)16-18-27;;;/h11-14,20H,6-10,15-19H2,1-5H3;2*1H;/q+1;;;+2/p-2. The van der Waals surface area contributed by atoms with E-state index >= 15 is 0 Å². The molecule has 0 spiro atoms. The Kier molecular flexibility index (Phi) is 11.8. The fourth-order valence-corrected chi connectivity index (χ4v) is 4.97. The number of halogens is 2. The van der Waals surface area contributed by atoms with E-state index in [1.807, 2.05) is 7.11 Å². The van der Waals surface area contributed by atoms with Crippen molar-refractivity contribution in [2.24, 2.45) is 5.92 Å². The Morgan fingerprint density at radius 2 is 1.68 bits per heavy atom. The van der Waals surface area contributed by atoms with Gasteiger partial charge in [-0.25, -0.2) is 4.58 Å². The molecule has 0 aromatic carbocycles. The summed E-state index contributed by atoms with van der Waals surface area (Å²) in [6, 6.07) is 0. The summed E-state index contributed by atoms with van der Waals surface area (Å²) in [7, 11) is 18.3. The molecule has 0 bridgehead atoms. The van der Waals surface area contributed by atoms with Crippen LogP contribution in [0, 0.1) is 5.92 Å². The summed E-state index contributed by atoms with van der Waals surface area (Å²) in [5, 5.41) is 0. The van der Waals surface area contributed by atoms with Gasteiger partial charge in [0.25, 0.3) is 0 Å². The molecular weight excluding hydrogens is 483 g/mol. The van der Waals surface area contributed by atoms with Crippen LogP contribution in [0.15, 0.2) is 35.6 Å². The Morgan fingerprint density at radius 3 is 2.16 bits per heavy atom. The van der Waals surface area contributed by atoms with E-state index in [4.69, 9.17) is 24.1 Å². The summed E-state index contributed by atoms with van der Waals surface area (Å²) >= 11 is -0.931. The maximum atomic E-state index is 6.06. The van der Waals surface area contributed by atoms with Crippen molar-refractivity contribution in [3.05, 3.63) is 35.6 Å². The molecule has 0 radical (unpaired) electrons. The van der Waals surface area contributed by atoms with Gasteiger partial charge >= 0.3 is 34.5 Å². The van der Waals surface area contributed by atoms with E-state index in [1.54, 1.807) is 0 Å². The SMILES string of the molecule is COC(=C1C=CC(=[N+]2CCN(C)CC2)C=C1)C(C)(CC1CCCCC1)N(C)C.[Cl][Zn][Cl]. The fourth-order valence-electron chi connectivity index (χ4n) is 4.97. The van der Waals surface area contributed by atoms with Crippen LogP contribution in [0.5, 0.6) is 0 Å². The van der Waals surface area contributed by atoms with E-state index in [-0.39, 0.29) is 5.54 Å². The summed E-state index contributed by atoms with van der Waals surface area (Å²) in [4.78, 5) is 4.75. The number of likely N-dealkylation sites (N-methyl/N-ethyl adjacent to an activating group) is 2. The van der Waals surface area contributed by atoms with E-state index in [0.29, 0.717) is 0 Å². The van der Waals surface area contributed by atoms with Gasteiger partial charge in [-0.05, 0) is 52.6 Å². The first-order valence-electron chi connectivity index (χ1n) is 11.6. The molecule has 0 amide bonds. The Labute approximate surface area is 205 Å². The number of piperazine rings is 1. The maximum absolute atomic E-state index is 6.06. The van der Waals surface area contributed by atoms with Crippen LogP contribution in [-0.4, -0.2) is 80.1 Å². The van der Waals surface area contributed by atoms with Crippen molar-refractivity contribution in [2.45, 2.75) is 51.0 Å². The van der Waals surface area contributed by atoms with Crippen LogP contribution in [0.4, 0.5) is 0 Å². The molecule has 7 heteroatoms. The van der Waals surface area contributed by atoms with Crippen molar-refractivity contribution in [3.63, 3.8) is 0 Å². The van der Waals surface area contributed by atoms with Gasteiger partial charge in [0.15, 0.2) is 18.8 Å². The normalized spacial score (nSPS) is 22.0. The first-order chi connectivity index (χ1) is 14.8. The Balaban J connectivity index is 0.00000107. The number of hydrogen-bond acceptors (Lipinski definition) is 3. The number of rotatable bonds is 5. The monoisotopic (exact) mass is 520 g/mol. The average Bonchev–Trinajstić information content (AvgIpc) is 2.76. The van der Waals surface area contributed by atoms with E-state index in [2.05, 4.69) is 66.7 Å². The van der Waals surface area contributed by atoms with E-state index < -0.39 is 15.1 Å². The van der Waals surface area contributed by atoms with E-state index in [9.17, 15) is 0 Å². The zero-order valence-electron chi connectivity index (χ0n) is 20.2. The molecular formula is C24H40Cl2N3OZn+. The molecule has 2 aliphatic carbocycles. The summed E-state index contributed by atoms with van der Waals surface area (Å²) < 4.78 is 8.55. The summed E-state index contributed by atoms with van der Waals surface area (Å²) in [5.41, 5.74) is 2.46. The second-order valence-corrected chi connectivity index (χ2v) is 14.0. The average molecular weight is 523 g/mol. The van der Waals surface area contributed by atoms with Crippen molar-refractivity contribution in [2.75, 3.05) is 54.4 Å². The number of ether oxygens (including phenoxy) is 1. The van der Waals surface area contributed by atoms with Gasteiger partial charge in [0.2, 0.25) is 0 Å². The molecule has 0 aromatic rings. The minimum atomic E-state index is -0.931. The zero-order valence-corrected chi connectivity index (χ0v) is 24.6. The first-order valence-corrected chi connectivity index (χ1v) is 19.4. The molecule has 31 heavy (non-hydrogen) atoms. The third kappa shape index (κ3) is 7.68. The van der Waals surface area contributed by atoms with Gasteiger partial charge in [-0.1, -0.05) is 32.1 Å². The first kappa shape index (κ1) is 27.1. The summed E-state index contributed by atoms with van der Waals surface area (Å²) in [6.07, 6.45) is 17.1. The van der Waals surface area contributed by atoms with Crippen molar-refractivity contribution < 1.29 is 24.5 Å². The second-order valence-electron chi connectivity index (χ2n) is 9.35. The molecule has 3 rings (SSSR count). The van der Waals surface area contributed by atoms with Crippen LogP contribution in [0.2, 0.25) is 0 Å². The van der Waals surface area contributed by atoms with Gasteiger partial charge in [0.05, 0.1) is 25.7 Å². The van der Waals surface area contributed by atoms with Crippen LogP contribution >= 0.6 is 19.4 Å². The summed E-state index contributed by atoms with van der Waals surface area (Å²) in [5.74, 6) is 1.91. The van der Waals surface area contributed by atoms with Gasteiger partial charge in [-0.3, -0.25) is 9.80 Å².